The average Bonchev–Trinajstić information content (AvgIpc) is 2.49. The second kappa shape index (κ2) is 6.12. The normalized spacial score (nSPS) is 11.4. The van der Waals surface area contributed by atoms with Crippen molar-refractivity contribution in [2.24, 2.45) is 11.5 Å². The predicted molar refractivity (Wildman–Crippen MR) is 85.5 cm³/mol. The highest BCUT2D eigenvalue weighted by Gasteiger charge is 2.12. The summed E-state index contributed by atoms with van der Waals surface area (Å²) in [4.78, 5) is 0. The third-order valence-corrected chi connectivity index (χ3v) is 3.25. The van der Waals surface area contributed by atoms with Gasteiger partial charge in [-0.15, -0.1) is 0 Å². The van der Waals surface area contributed by atoms with Crippen LogP contribution >= 0.6 is 11.6 Å². The Morgan fingerprint density at radius 1 is 0.952 bits per heavy atom. The van der Waals surface area contributed by atoms with Crippen molar-refractivity contribution in [2.45, 2.75) is 0 Å². The standard InChI is InChI=1S/C16H13ClN4/c17-13-7-5-11(6-8-13)14(16(20)21)15(19)12-3-1-10(9-18)2-4-12/h1-8H,19H2,(H3,20,21)/b15-14-. The smallest absolute Gasteiger partial charge is 0.125 e. The van der Waals surface area contributed by atoms with Crippen molar-refractivity contribution in [3.05, 3.63) is 70.2 Å². The number of nitriles is 1. The summed E-state index contributed by atoms with van der Waals surface area (Å²) in [6, 6.07) is 15.8. The Bertz CT molecular complexity index is 737. The molecule has 0 radical (unpaired) electrons. The molecule has 0 fully saturated rings. The van der Waals surface area contributed by atoms with Crippen LogP contribution in [0.15, 0.2) is 48.5 Å². The Morgan fingerprint density at radius 3 is 1.95 bits per heavy atom. The molecule has 0 saturated heterocycles. The van der Waals surface area contributed by atoms with E-state index in [1.807, 2.05) is 6.07 Å². The van der Waals surface area contributed by atoms with Crippen LogP contribution in [0.3, 0.4) is 0 Å². The molecule has 0 atom stereocenters. The highest BCUT2D eigenvalue weighted by Crippen LogP contribution is 2.24. The van der Waals surface area contributed by atoms with E-state index >= 15 is 0 Å². The Morgan fingerprint density at radius 2 is 1.48 bits per heavy atom. The van der Waals surface area contributed by atoms with Crippen molar-refractivity contribution >= 4 is 28.7 Å². The van der Waals surface area contributed by atoms with Crippen molar-refractivity contribution in [1.82, 2.24) is 0 Å². The number of hydrogen-bond donors (Lipinski definition) is 3. The van der Waals surface area contributed by atoms with E-state index in [1.54, 1.807) is 48.5 Å². The molecule has 104 valence electrons. The molecule has 0 spiro atoms. The Kier molecular flexibility index (Phi) is 4.27. The van der Waals surface area contributed by atoms with E-state index in [2.05, 4.69) is 0 Å². The summed E-state index contributed by atoms with van der Waals surface area (Å²) in [6.07, 6.45) is 0. The zero-order valence-corrected chi connectivity index (χ0v) is 11.9. The summed E-state index contributed by atoms with van der Waals surface area (Å²) >= 11 is 5.86. The third-order valence-electron chi connectivity index (χ3n) is 3.00. The quantitative estimate of drug-likeness (QED) is 0.461. The summed E-state index contributed by atoms with van der Waals surface area (Å²) in [5.41, 5.74) is 14.6. The average molecular weight is 297 g/mol. The molecule has 0 saturated carbocycles. The molecule has 0 aliphatic rings. The van der Waals surface area contributed by atoms with Gasteiger partial charge in [0, 0.05) is 10.6 Å². The Labute approximate surface area is 127 Å². The van der Waals surface area contributed by atoms with Crippen molar-refractivity contribution in [3.8, 4) is 6.07 Å². The molecular formula is C16H13ClN4. The summed E-state index contributed by atoms with van der Waals surface area (Å²) in [6.45, 7) is 0. The molecule has 4 nitrogen and oxygen atoms in total. The van der Waals surface area contributed by atoms with Gasteiger partial charge in [0.1, 0.15) is 5.84 Å². The van der Waals surface area contributed by atoms with Crippen LogP contribution in [0.4, 0.5) is 0 Å². The van der Waals surface area contributed by atoms with Crippen molar-refractivity contribution < 1.29 is 0 Å². The van der Waals surface area contributed by atoms with Gasteiger partial charge in [-0.05, 0) is 35.4 Å². The minimum Gasteiger partial charge on any atom is -0.398 e. The molecular weight excluding hydrogens is 284 g/mol. The minimum atomic E-state index is -0.126. The minimum absolute atomic E-state index is 0.126. The van der Waals surface area contributed by atoms with Crippen LogP contribution in [0, 0.1) is 16.7 Å². The molecule has 5 heteroatoms. The lowest BCUT2D eigenvalue weighted by atomic mass is 9.98. The summed E-state index contributed by atoms with van der Waals surface area (Å²) in [5, 5.41) is 17.2. The highest BCUT2D eigenvalue weighted by molar-refractivity contribution is 6.31. The molecule has 2 aromatic rings. The Hall–Kier alpha value is -2.77. The number of hydrogen-bond acceptors (Lipinski definition) is 3. The Balaban J connectivity index is 2.55. The van der Waals surface area contributed by atoms with Gasteiger partial charge in [-0.25, -0.2) is 0 Å². The SMILES string of the molecule is N#Cc1ccc(/C(N)=C(/C(=N)N)c2ccc(Cl)cc2)cc1. The third kappa shape index (κ3) is 3.22. The lowest BCUT2D eigenvalue weighted by Gasteiger charge is -2.11. The van der Waals surface area contributed by atoms with Crippen LogP contribution in [0.2, 0.25) is 5.02 Å². The largest absolute Gasteiger partial charge is 0.398 e. The second-order valence-corrected chi connectivity index (χ2v) is 4.83. The maximum absolute atomic E-state index is 8.81. The van der Waals surface area contributed by atoms with Crippen molar-refractivity contribution in [2.75, 3.05) is 0 Å². The lowest BCUT2D eigenvalue weighted by molar-refractivity contribution is 1.43. The number of rotatable bonds is 3. The van der Waals surface area contributed by atoms with Gasteiger partial charge in [-0.3, -0.25) is 5.41 Å². The second-order valence-electron chi connectivity index (χ2n) is 4.40. The number of nitrogens with zero attached hydrogens (tertiary/aromatic N) is 1. The van der Waals surface area contributed by atoms with Crippen LogP contribution in [-0.2, 0) is 0 Å². The summed E-state index contributed by atoms with van der Waals surface area (Å²) in [7, 11) is 0. The van der Waals surface area contributed by atoms with Crippen LogP contribution < -0.4 is 11.5 Å². The van der Waals surface area contributed by atoms with Gasteiger partial charge < -0.3 is 11.5 Å². The highest BCUT2D eigenvalue weighted by atomic mass is 35.5. The van der Waals surface area contributed by atoms with Gasteiger partial charge in [0.2, 0.25) is 0 Å². The fourth-order valence-electron chi connectivity index (χ4n) is 1.94. The van der Waals surface area contributed by atoms with E-state index in [0.717, 1.165) is 0 Å². The fourth-order valence-corrected chi connectivity index (χ4v) is 2.07. The molecule has 0 aliphatic heterocycles. The molecule has 0 unspecified atom stereocenters. The topological polar surface area (TPSA) is 99.7 Å². The molecule has 21 heavy (non-hydrogen) atoms. The van der Waals surface area contributed by atoms with E-state index in [9.17, 15) is 0 Å². The molecule has 0 amide bonds. The number of benzene rings is 2. The van der Waals surface area contributed by atoms with Gasteiger partial charge in [-0.1, -0.05) is 35.9 Å². The van der Waals surface area contributed by atoms with E-state index in [-0.39, 0.29) is 5.84 Å². The van der Waals surface area contributed by atoms with E-state index in [0.29, 0.717) is 33.0 Å². The number of halogens is 1. The number of amidine groups is 1. The van der Waals surface area contributed by atoms with E-state index in [1.165, 1.54) is 0 Å². The van der Waals surface area contributed by atoms with Crippen molar-refractivity contribution in [1.29, 1.82) is 10.7 Å². The van der Waals surface area contributed by atoms with E-state index < -0.39 is 0 Å². The van der Waals surface area contributed by atoms with Gasteiger partial charge in [0.15, 0.2) is 0 Å². The molecule has 0 aromatic heterocycles. The first-order valence-corrected chi connectivity index (χ1v) is 6.51. The lowest BCUT2D eigenvalue weighted by Crippen LogP contribution is -2.16. The number of nitrogens with two attached hydrogens (primary N) is 2. The van der Waals surface area contributed by atoms with Crippen LogP contribution in [0.5, 0.6) is 0 Å². The van der Waals surface area contributed by atoms with Crippen LogP contribution in [0.1, 0.15) is 16.7 Å². The monoisotopic (exact) mass is 296 g/mol. The summed E-state index contributed by atoms with van der Waals surface area (Å²) in [5.74, 6) is -0.126. The number of nitrogens with one attached hydrogen (secondary N) is 1. The van der Waals surface area contributed by atoms with Gasteiger partial charge in [0.05, 0.1) is 17.3 Å². The fraction of sp³-hybridized carbons (Fsp3) is 0. The predicted octanol–water partition coefficient (Wildman–Crippen LogP) is 2.97. The molecule has 2 rings (SSSR count). The zero-order chi connectivity index (χ0) is 15.4. The maximum Gasteiger partial charge on any atom is 0.125 e. The van der Waals surface area contributed by atoms with Crippen molar-refractivity contribution in [3.63, 3.8) is 0 Å². The molecule has 0 aliphatic carbocycles. The molecule has 0 bridgehead atoms. The first-order chi connectivity index (χ1) is 10.0. The van der Waals surface area contributed by atoms with Gasteiger partial charge in [-0.2, -0.15) is 5.26 Å². The van der Waals surface area contributed by atoms with E-state index in [4.69, 9.17) is 33.7 Å². The van der Waals surface area contributed by atoms with Crippen LogP contribution in [-0.4, -0.2) is 5.84 Å². The first-order valence-electron chi connectivity index (χ1n) is 6.13. The maximum atomic E-state index is 8.81. The van der Waals surface area contributed by atoms with Crippen LogP contribution in [0.25, 0.3) is 11.3 Å². The first kappa shape index (κ1) is 14.6. The zero-order valence-electron chi connectivity index (χ0n) is 11.1. The summed E-state index contributed by atoms with van der Waals surface area (Å²) < 4.78 is 0. The molecule has 5 N–H and O–H groups in total. The van der Waals surface area contributed by atoms with Gasteiger partial charge >= 0.3 is 0 Å². The van der Waals surface area contributed by atoms with Gasteiger partial charge in [0.25, 0.3) is 0 Å². The molecule has 2 aromatic carbocycles. The molecule has 0 heterocycles.